The molecule has 4 aliphatic rings. The van der Waals surface area contributed by atoms with Crippen molar-refractivity contribution in [3.8, 4) is 0 Å². The molecular formula is C20H43S+. The highest BCUT2D eigenvalue weighted by molar-refractivity contribution is 7.94. The summed E-state index contributed by atoms with van der Waals surface area (Å²) in [6, 6.07) is 0. The third-order valence-corrected chi connectivity index (χ3v) is 4.82. The van der Waals surface area contributed by atoms with Gasteiger partial charge in [0.2, 0.25) is 0 Å². The van der Waals surface area contributed by atoms with Gasteiger partial charge in [-0.3, -0.25) is 0 Å². The molecule has 0 unspecified atom stereocenters. The van der Waals surface area contributed by atoms with Crippen LogP contribution in [0.15, 0.2) is 0 Å². The molecule has 0 aromatic heterocycles. The summed E-state index contributed by atoms with van der Waals surface area (Å²) >= 11 is 0. The second-order valence-electron chi connectivity index (χ2n) is 7.91. The van der Waals surface area contributed by atoms with Gasteiger partial charge >= 0.3 is 0 Å². The Labute approximate surface area is 139 Å². The second-order valence-corrected chi connectivity index (χ2v) is 10.4. The van der Waals surface area contributed by atoms with Crippen molar-refractivity contribution >= 4 is 10.9 Å². The molecule has 0 atom stereocenters. The van der Waals surface area contributed by atoms with Gasteiger partial charge in [-0.2, -0.15) is 0 Å². The first kappa shape index (κ1) is 21.4. The third kappa shape index (κ3) is 9.87. The van der Waals surface area contributed by atoms with Gasteiger partial charge in [0.05, 0.1) is 18.8 Å². The minimum absolute atomic E-state index is 0.639. The Morgan fingerprint density at radius 2 is 0.857 bits per heavy atom. The summed E-state index contributed by atoms with van der Waals surface area (Å²) < 4.78 is 0. The smallest absolute Gasteiger partial charge is 0.0683 e. The maximum Gasteiger partial charge on any atom is 0.0969 e. The highest BCUT2D eigenvalue weighted by atomic mass is 32.2. The van der Waals surface area contributed by atoms with Crippen molar-refractivity contribution in [2.75, 3.05) is 18.8 Å². The standard InChI is InChI=1S/C10H16.C5H12.C3H9S.C2H6/c1-7-2-9-4-8(1)5-10(3-7)6-9;1-4-5(2)3;1-4(2)3;1-2/h7-10H,1-6H2;5H,4H2,1-3H3;1-3H3;1-2H3/q;;+1;. The lowest BCUT2D eigenvalue weighted by Gasteiger charge is -2.49. The Bertz CT molecular complexity index is 173. The fraction of sp³-hybridized carbons (Fsp3) is 1.00. The minimum atomic E-state index is 0.639. The number of hydrogen-bond acceptors (Lipinski definition) is 0. The van der Waals surface area contributed by atoms with E-state index in [2.05, 4.69) is 39.5 Å². The largest absolute Gasteiger partial charge is 0.0969 e. The van der Waals surface area contributed by atoms with Crippen LogP contribution >= 0.6 is 0 Å². The van der Waals surface area contributed by atoms with Crippen molar-refractivity contribution in [1.29, 1.82) is 0 Å². The lowest BCUT2D eigenvalue weighted by atomic mass is 9.56. The molecule has 4 fully saturated rings. The molecule has 0 saturated heterocycles. The topological polar surface area (TPSA) is 0 Å². The molecule has 0 heterocycles. The maximum atomic E-state index is 2.22. The van der Waals surface area contributed by atoms with E-state index in [-0.39, 0.29) is 0 Å². The predicted octanol–water partition coefficient (Wildman–Crippen LogP) is 6.41. The Balaban J connectivity index is 0.000000314. The first-order valence-electron chi connectivity index (χ1n) is 9.39. The normalized spacial score (nSPS) is 31.7. The monoisotopic (exact) mass is 315 g/mol. The van der Waals surface area contributed by atoms with E-state index in [0.29, 0.717) is 10.9 Å². The summed E-state index contributed by atoms with van der Waals surface area (Å²) in [7, 11) is 0.639. The Kier molecular flexibility index (Phi) is 12.1. The molecule has 4 bridgehead atoms. The molecule has 128 valence electrons. The van der Waals surface area contributed by atoms with Gasteiger partial charge in [-0.1, -0.05) is 41.0 Å². The van der Waals surface area contributed by atoms with Gasteiger partial charge in [-0.15, -0.1) is 0 Å². The number of rotatable bonds is 1. The highest BCUT2D eigenvalue weighted by Crippen LogP contribution is 2.53. The van der Waals surface area contributed by atoms with Gasteiger partial charge in [0, 0.05) is 0 Å². The summed E-state index contributed by atoms with van der Waals surface area (Å²) in [5.41, 5.74) is 0. The zero-order valence-electron chi connectivity index (χ0n) is 16.2. The van der Waals surface area contributed by atoms with Crippen LogP contribution in [0.5, 0.6) is 0 Å². The van der Waals surface area contributed by atoms with Gasteiger partial charge in [-0.05, 0) is 79.0 Å². The molecule has 4 rings (SSSR count). The van der Waals surface area contributed by atoms with Crippen LogP contribution in [0.2, 0.25) is 0 Å². The van der Waals surface area contributed by atoms with Gasteiger partial charge in [0.25, 0.3) is 0 Å². The molecule has 21 heavy (non-hydrogen) atoms. The molecule has 0 N–H and O–H groups in total. The van der Waals surface area contributed by atoms with Crippen molar-refractivity contribution in [3.05, 3.63) is 0 Å². The molecule has 0 aromatic carbocycles. The van der Waals surface area contributed by atoms with Crippen LogP contribution in [-0.2, 0) is 10.9 Å². The Morgan fingerprint density at radius 3 is 0.952 bits per heavy atom. The van der Waals surface area contributed by atoms with Gasteiger partial charge in [0.1, 0.15) is 0 Å². The van der Waals surface area contributed by atoms with Crippen LogP contribution in [0.25, 0.3) is 0 Å². The van der Waals surface area contributed by atoms with Crippen LogP contribution in [-0.4, -0.2) is 18.8 Å². The van der Waals surface area contributed by atoms with E-state index in [1.807, 2.05) is 13.8 Å². The van der Waals surface area contributed by atoms with Crippen molar-refractivity contribution < 1.29 is 0 Å². The zero-order chi connectivity index (χ0) is 16.4. The third-order valence-electron chi connectivity index (χ3n) is 4.82. The SMILES string of the molecule is C1C2CC3CC1CC(C2)C3.CC.CCC(C)C.C[S+](C)C. The van der Waals surface area contributed by atoms with Crippen LogP contribution in [0.3, 0.4) is 0 Å². The van der Waals surface area contributed by atoms with E-state index in [4.69, 9.17) is 0 Å². The van der Waals surface area contributed by atoms with Crippen LogP contribution in [0, 0.1) is 29.6 Å². The van der Waals surface area contributed by atoms with E-state index in [1.165, 1.54) is 30.1 Å². The van der Waals surface area contributed by atoms with Crippen molar-refractivity contribution in [2.24, 2.45) is 29.6 Å². The molecule has 0 amide bonds. The summed E-state index contributed by atoms with van der Waals surface area (Å²) in [5.74, 6) is 5.59. The molecule has 0 nitrogen and oxygen atoms in total. The fourth-order valence-electron chi connectivity index (χ4n) is 3.98. The van der Waals surface area contributed by atoms with Gasteiger partial charge in [-0.25, -0.2) is 0 Å². The van der Waals surface area contributed by atoms with Gasteiger partial charge < -0.3 is 0 Å². The lowest BCUT2D eigenvalue weighted by Crippen LogP contribution is -2.38. The van der Waals surface area contributed by atoms with Crippen LogP contribution in [0.4, 0.5) is 0 Å². The lowest BCUT2D eigenvalue weighted by molar-refractivity contribution is 0.0198. The fourth-order valence-corrected chi connectivity index (χ4v) is 3.98. The molecule has 0 aromatic rings. The Hall–Kier alpha value is 0.350. The van der Waals surface area contributed by atoms with Crippen molar-refractivity contribution in [3.63, 3.8) is 0 Å². The first-order chi connectivity index (χ1) is 9.90. The molecule has 4 aliphatic carbocycles. The van der Waals surface area contributed by atoms with E-state index in [1.54, 1.807) is 38.5 Å². The van der Waals surface area contributed by atoms with E-state index >= 15 is 0 Å². The molecule has 1 heteroatoms. The van der Waals surface area contributed by atoms with Crippen molar-refractivity contribution in [1.82, 2.24) is 0 Å². The van der Waals surface area contributed by atoms with Crippen LogP contribution < -0.4 is 0 Å². The molecular weight excluding hydrogens is 272 g/mol. The maximum absolute atomic E-state index is 2.22. The zero-order valence-corrected chi connectivity index (χ0v) is 17.1. The average Bonchev–Trinajstić information content (AvgIpc) is 2.39. The summed E-state index contributed by atoms with van der Waals surface area (Å²) in [4.78, 5) is 0. The van der Waals surface area contributed by atoms with Crippen LogP contribution in [0.1, 0.15) is 79.6 Å². The first-order valence-corrected chi connectivity index (χ1v) is 11.8. The molecule has 0 radical (unpaired) electrons. The Morgan fingerprint density at radius 1 is 0.714 bits per heavy atom. The highest BCUT2D eigenvalue weighted by Gasteiger charge is 2.41. The average molecular weight is 316 g/mol. The molecule has 4 saturated carbocycles. The predicted molar refractivity (Wildman–Crippen MR) is 103 cm³/mol. The summed E-state index contributed by atoms with van der Waals surface area (Å²) in [6.07, 6.45) is 17.5. The van der Waals surface area contributed by atoms with E-state index in [0.717, 1.165) is 5.92 Å². The number of hydrogen-bond donors (Lipinski definition) is 0. The van der Waals surface area contributed by atoms with Gasteiger partial charge in [0.15, 0.2) is 0 Å². The molecule has 0 spiro atoms. The quantitative estimate of drug-likeness (QED) is 0.491. The van der Waals surface area contributed by atoms with Crippen molar-refractivity contribution in [2.45, 2.75) is 79.6 Å². The molecule has 0 aliphatic heterocycles. The summed E-state index contributed by atoms with van der Waals surface area (Å²) in [5, 5.41) is 0. The van der Waals surface area contributed by atoms with E-state index in [9.17, 15) is 0 Å². The van der Waals surface area contributed by atoms with E-state index < -0.39 is 0 Å². The summed E-state index contributed by atoms with van der Waals surface area (Å²) in [6.45, 7) is 10.6. The minimum Gasteiger partial charge on any atom is -0.0683 e. The second kappa shape index (κ2) is 11.9.